The first-order valence-electron chi connectivity index (χ1n) is 6.07. The Labute approximate surface area is 99.3 Å². The fourth-order valence-corrected chi connectivity index (χ4v) is 1.76. The molecule has 0 bridgehead atoms. The highest BCUT2D eigenvalue weighted by atomic mass is 14.9. The second kappa shape index (κ2) is 7.96. The van der Waals surface area contributed by atoms with Crippen molar-refractivity contribution < 1.29 is 0 Å². The van der Waals surface area contributed by atoms with Crippen molar-refractivity contribution in [2.24, 2.45) is 0 Å². The van der Waals surface area contributed by atoms with E-state index in [1.165, 1.54) is 5.56 Å². The van der Waals surface area contributed by atoms with Gasteiger partial charge in [-0.2, -0.15) is 0 Å². The molecule has 16 heavy (non-hydrogen) atoms. The van der Waals surface area contributed by atoms with Gasteiger partial charge in [-0.05, 0) is 31.4 Å². The van der Waals surface area contributed by atoms with Crippen molar-refractivity contribution in [2.75, 3.05) is 6.54 Å². The predicted molar refractivity (Wildman–Crippen MR) is 70.3 cm³/mol. The summed E-state index contributed by atoms with van der Waals surface area (Å²) < 4.78 is 0. The van der Waals surface area contributed by atoms with Crippen LogP contribution in [0.2, 0.25) is 0 Å². The van der Waals surface area contributed by atoms with Gasteiger partial charge in [0.05, 0.1) is 0 Å². The largest absolute Gasteiger partial charge is 0.314 e. The molecule has 86 valence electrons. The molecule has 0 saturated heterocycles. The minimum atomic E-state index is 0.570. The van der Waals surface area contributed by atoms with E-state index in [0.717, 1.165) is 32.2 Å². The summed E-state index contributed by atoms with van der Waals surface area (Å²) >= 11 is 0. The van der Waals surface area contributed by atoms with Gasteiger partial charge in [0, 0.05) is 12.5 Å². The number of benzene rings is 1. The van der Waals surface area contributed by atoms with Gasteiger partial charge in [-0.25, -0.2) is 0 Å². The second-order valence-electron chi connectivity index (χ2n) is 4.06. The van der Waals surface area contributed by atoms with Crippen LogP contribution in [-0.2, 0) is 6.42 Å². The first-order valence-corrected chi connectivity index (χ1v) is 6.07. The molecule has 0 aromatic heterocycles. The number of unbranched alkanes of at least 4 members (excludes halogenated alkanes) is 1. The van der Waals surface area contributed by atoms with Gasteiger partial charge < -0.3 is 5.32 Å². The molecule has 1 unspecified atom stereocenters. The lowest BCUT2D eigenvalue weighted by Gasteiger charge is -2.16. The third-order valence-electron chi connectivity index (χ3n) is 2.75. The fourth-order valence-electron chi connectivity index (χ4n) is 1.76. The molecule has 0 spiro atoms. The molecule has 0 heterocycles. The van der Waals surface area contributed by atoms with Gasteiger partial charge in [-0.1, -0.05) is 37.3 Å². The molecular formula is C15H21N. The Kier molecular flexibility index (Phi) is 6.37. The topological polar surface area (TPSA) is 12.0 Å². The maximum absolute atomic E-state index is 5.22. The van der Waals surface area contributed by atoms with E-state index in [0.29, 0.717) is 6.04 Å². The lowest BCUT2D eigenvalue weighted by molar-refractivity contribution is 0.490. The Hall–Kier alpha value is -1.26. The summed E-state index contributed by atoms with van der Waals surface area (Å²) in [5, 5.41) is 3.56. The van der Waals surface area contributed by atoms with Crippen LogP contribution >= 0.6 is 0 Å². The standard InChI is InChI=1S/C15H21N/c1-3-5-9-12-16-15(4-2)13-14-10-7-6-8-11-14/h1,6-8,10-11,15-16H,4-5,9,12-13H2,2H3. The van der Waals surface area contributed by atoms with Crippen molar-refractivity contribution in [1.82, 2.24) is 5.32 Å². The summed E-state index contributed by atoms with van der Waals surface area (Å²) in [5.41, 5.74) is 1.40. The molecular weight excluding hydrogens is 194 g/mol. The Balaban J connectivity index is 2.30. The van der Waals surface area contributed by atoms with E-state index in [4.69, 9.17) is 6.42 Å². The third kappa shape index (κ3) is 5.00. The summed E-state index contributed by atoms with van der Waals surface area (Å²) in [6.45, 7) is 3.25. The molecule has 0 fully saturated rings. The molecule has 1 heteroatoms. The molecule has 1 nitrogen and oxygen atoms in total. The third-order valence-corrected chi connectivity index (χ3v) is 2.75. The van der Waals surface area contributed by atoms with Crippen LogP contribution in [-0.4, -0.2) is 12.6 Å². The van der Waals surface area contributed by atoms with Gasteiger partial charge in [0.2, 0.25) is 0 Å². The van der Waals surface area contributed by atoms with E-state index < -0.39 is 0 Å². The van der Waals surface area contributed by atoms with Gasteiger partial charge in [0.15, 0.2) is 0 Å². The highest BCUT2D eigenvalue weighted by Gasteiger charge is 2.05. The monoisotopic (exact) mass is 215 g/mol. The summed E-state index contributed by atoms with van der Waals surface area (Å²) in [7, 11) is 0. The fraction of sp³-hybridized carbons (Fsp3) is 0.467. The van der Waals surface area contributed by atoms with Crippen LogP contribution in [0.3, 0.4) is 0 Å². The number of terminal acetylenes is 1. The van der Waals surface area contributed by atoms with Gasteiger partial charge in [-0.15, -0.1) is 12.3 Å². The maximum atomic E-state index is 5.22. The lowest BCUT2D eigenvalue weighted by Crippen LogP contribution is -2.31. The quantitative estimate of drug-likeness (QED) is 0.544. The van der Waals surface area contributed by atoms with Crippen molar-refractivity contribution >= 4 is 0 Å². The lowest BCUT2D eigenvalue weighted by atomic mass is 10.0. The zero-order valence-electron chi connectivity index (χ0n) is 10.1. The molecule has 0 aliphatic rings. The van der Waals surface area contributed by atoms with Crippen LogP contribution in [0.4, 0.5) is 0 Å². The minimum Gasteiger partial charge on any atom is -0.314 e. The zero-order valence-corrected chi connectivity index (χ0v) is 10.1. The maximum Gasteiger partial charge on any atom is 0.0105 e. The van der Waals surface area contributed by atoms with E-state index >= 15 is 0 Å². The van der Waals surface area contributed by atoms with Gasteiger partial charge in [-0.3, -0.25) is 0 Å². The molecule has 1 aromatic carbocycles. The molecule has 1 N–H and O–H groups in total. The van der Waals surface area contributed by atoms with Crippen LogP contribution in [0.25, 0.3) is 0 Å². The second-order valence-corrected chi connectivity index (χ2v) is 4.06. The average molecular weight is 215 g/mol. The number of hydrogen-bond donors (Lipinski definition) is 1. The van der Waals surface area contributed by atoms with Crippen LogP contribution in [0, 0.1) is 12.3 Å². The van der Waals surface area contributed by atoms with Crippen LogP contribution in [0.5, 0.6) is 0 Å². The van der Waals surface area contributed by atoms with E-state index in [1.54, 1.807) is 0 Å². The van der Waals surface area contributed by atoms with Gasteiger partial charge in [0.1, 0.15) is 0 Å². The van der Waals surface area contributed by atoms with Crippen LogP contribution < -0.4 is 5.32 Å². The normalized spacial score (nSPS) is 12.0. The Morgan fingerprint density at radius 1 is 1.31 bits per heavy atom. The number of nitrogens with one attached hydrogen (secondary N) is 1. The average Bonchev–Trinajstić information content (AvgIpc) is 2.34. The van der Waals surface area contributed by atoms with Gasteiger partial charge >= 0.3 is 0 Å². The van der Waals surface area contributed by atoms with E-state index in [1.807, 2.05) is 0 Å². The van der Waals surface area contributed by atoms with Crippen molar-refractivity contribution in [3.8, 4) is 12.3 Å². The highest BCUT2D eigenvalue weighted by molar-refractivity contribution is 5.15. The molecule has 1 aromatic rings. The first-order chi connectivity index (χ1) is 7.86. The summed E-state index contributed by atoms with van der Waals surface area (Å²) in [4.78, 5) is 0. The molecule has 1 atom stereocenters. The molecule has 0 saturated carbocycles. The summed E-state index contributed by atoms with van der Waals surface area (Å²) in [5.74, 6) is 2.67. The molecule has 0 amide bonds. The van der Waals surface area contributed by atoms with E-state index in [2.05, 4.69) is 48.5 Å². The van der Waals surface area contributed by atoms with Gasteiger partial charge in [0.25, 0.3) is 0 Å². The smallest absolute Gasteiger partial charge is 0.0105 e. The van der Waals surface area contributed by atoms with Crippen molar-refractivity contribution in [3.05, 3.63) is 35.9 Å². The van der Waals surface area contributed by atoms with Crippen LogP contribution in [0.15, 0.2) is 30.3 Å². The number of rotatable bonds is 7. The van der Waals surface area contributed by atoms with Crippen LogP contribution in [0.1, 0.15) is 31.7 Å². The highest BCUT2D eigenvalue weighted by Crippen LogP contribution is 2.05. The van der Waals surface area contributed by atoms with E-state index in [-0.39, 0.29) is 0 Å². The Bertz CT molecular complexity index is 310. The number of hydrogen-bond acceptors (Lipinski definition) is 1. The predicted octanol–water partition coefficient (Wildman–Crippen LogP) is 3.01. The molecule has 0 radical (unpaired) electrons. The minimum absolute atomic E-state index is 0.570. The Morgan fingerprint density at radius 2 is 2.06 bits per heavy atom. The molecule has 1 rings (SSSR count). The zero-order chi connectivity index (χ0) is 11.6. The van der Waals surface area contributed by atoms with Crippen molar-refractivity contribution in [3.63, 3.8) is 0 Å². The summed E-state index contributed by atoms with van der Waals surface area (Å²) in [6, 6.07) is 11.2. The molecule has 0 aliphatic carbocycles. The van der Waals surface area contributed by atoms with Crippen molar-refractivity contribution in [2.45, 2.75) is 38.6 Å². The summed E-state index contributed by atoms with van der Waals surface area (Å²) in [6.07, 6.45) is 9.43. The SMILES string of the molecule is C#CCCCNC(CC)Cc1ccccc1. The first kappa shape index (κ1) is 12.8. The van der Waals surface area contributed by atoms with Crippen molar-refractivity contribution in [1.29, 1.82) is 0 Å². The Morgan fingerprint density at radius 3 is 2.69 bits per heavy atom. The van der Waals surface area contributed by atoms with E-state index in [9.17, 15) is 0 Å². The molecule has 0 aliphatic heterocycles.